The Bertz CT molecular complexity index is 2090. The van der Waals surface area contributed by atoms with E-state index >= 15 is 0 Å². The molecule has 6 rings (SSSR count). The van der Waals surface area contributed by atoms with Crippen LogP contribution in [0.15, 0.2) is 127 Å². The van der Waals surface area contributed by atoms with Gasteiger partial charge in [-0.1, -0.05) is 116 Å². The molecule has 1 fully saturated rings. The maximum absolute atomic E-state index is 12.7. The molecule has 2 amide bonds. The largest absolute Gasteiger partial charge is 0.397 e. The second kappa shape index (κ2) is 21.6. The number of aliphatic hydroxyl groups excluding tert-OH is 2. The topological polar surface area (TPSA) is 146 Å². The molecule has 10 nitrogen and oxygen atoms in total. The molecule has 0 aromatic heterocycles. The highest BCUT2D eigenvalue weighted by molar-refractivity contribution is 5.93. The number of likely N-dealkylation sites (N-methyl/N-ethyl adjacent to an activating group) is 1. The van der Waals surface area contributed by atoms with Gasteiger partial charge >= 0.3 is 0 Å². The zero-order valence-corrected chi connectivity index (χ0v) is 34.1. The summed E-state index contributed by atoms with van der Waals surface area (Å²) < 4.78 is 13.4. The van der Waals surface area contributed by atoms with E-state index in [1.54, 1.807) is 12.1 Å². The van der Waals surface area contributed by atoms with Crippen LogP contribution in [0, 0.1) is 0 Å². The normalized spacial score (nSPS) is 17.6. The van der Waals surface area contributed by atoms with Gasteiger partial charge in [-0.15, -0.1) is 0 Å². The van der Waals surface area contributed by atoms with Gasteiger partial charge in [0.2, 0.25) is 11.8 Å². The number of para-hydroxylation sites is 2. The van der Waals surface area contributed by atoms with E-state index in [9.17, 15) is 19.8 Å². The van der Waals surface area contributed by atoms with Crippen LogP contribution >= 0.6 is 0 Å². The first-order valence-electron chi connectivity index (χ1n) is 20.7. The lowest BCUT2D eigenvalue weighted by molar-refractivity contribution is -0.253. The smallest absolute Gasteiger partial charge is 0.224 e. The van der Waals surface area contributed by atoms with E-state index in [-0.39, 0.29) is 36.7 Å². The molecular weight excluding hydrogens is 741 g/mol. The van der Waals surface area contributed by atoms with E-state index in [0.717, 1.165) is 64.6 Å². The van der Waals surface area contributed by atoms with Gasteiger partial charge in [0.15, 0.2) is 6.29 Å². The number of hydrogen-bond donors (Lipinski definition) is 5. The number of rotatable bonds is 19. The van der Waals surface area contributed by atoms with Gasteiger partial charge in [0.05, 0.1) is 36.3 Å². The molecule has 5 unspecified atom stereocenters. The quantitative estimate of drug-likeness (QED) is 0.0413. The van der Waals surface area contributed by atoms with E-state index < -0.39 is 12.4 Å². The van der Waals surface area contributed by atoms with Crippen LogP contribution in [0.2, 0.25) is 0 Å². The molecule has 1 aliphatic heterocycles. The molecule has 1 saturated heterocycles. The highest BCUT2D eigenvalue weighted by Crippen LogP contribution is 2.39. The minimum Gasteiger partial charge on any atom is -0.397 e. The van der Waals surface area contributed by atoms with Crippen LogP contribution in [0.4, 0.5) is 11.4 Å². The molecule has 0 radical (unpaired) electrons. The molecule has 6 N–H and O–H groups in total. The van der Waals surface area contributed by atoms with E-state index in [4.69, 9.17) is 15.2 Å². The lowest BCUT2D eigenvalue weighted by atomic mass is 9.97. The lowest BCUT2D eigenvalue weighted by Crippen LogP contribution is -2.43. The first-order valence-corrected chi connectivity index (χ1v) is 20.7. The highest BCUT2D eigenvalue weighted by atomic mass is 16.7. The number of unbranched alkanes of at least 4 members (excludes halogenated alkanes) is 3. The Balaban J connectivity index is 1.03. The lowest BCUT2D eigenvalue weighted by Gasteiger charge is -2.39. The monoisotopic (exact) mass is 798 g/mol. The third-order valence-corrected chi connectivity index (χ3v) is 11.1. The first kappa shape index (κ1) is 43.2. The van der Waals surface area contributed by atoms with Gasteiger partial charge in [0.1, 0.15) is 0 Å². The molecule has 5 aromatic rings. The molecule has 0 bridgehead atoms. The van der Waals surface area contributed by atoms with Gasteiger partial charge < -0.3 is 36.1 Å². The predicted molar refractivity (Wildman–Crippen MR) is 233 cm³/mol. The van der Waals surface area contributed by atoms with Crippen molar-refractivity contribution in [3.05, 3.63) is 155 Å². The fourth-order valence-corrected chi connectivity index (χ4v) is 7.45. The number of anilines is 2. The average molecular weight is 799 g/mol. The Labute approximate surface area is 348 Å². The predicted octanol–water partition coefficient (Wildman–Crippen LogP) is 8.62. The van der Waals surface area contributed by atoms with E-state index in [1.807, 2.05) is 105 Å². The van der Waals surface area contributed by atoms with Gasteiger partial charge in [-0.25, -0.2) is 0 Å². The molecular formula is C49H58N4O6. The summed E-state index contributed by atoms with van der Waals surface area (Å²) in [5.41, 5.74) is 13.7. The summed E-state index contributed by atoms with van der Waals surface area (Å²) in [4.78, 5) is 27.1. The van der Waals surface area contributed by atoms with Crippen LogP contribution in [0.25, 0.3) is 11.1 Å². The third kappa shape index (κ3) is 12.6. The van der Waals surface area contributed by atoms with Crippen molar-refractivity contribution < 1.29 is 29.3 Å². The Kier molecular flexibility index (Phi) is 15.8. The maximum atomic E-state index is 12.7. The average Bonchev–Trinajstić information content (AvgIpc) is 3.27. The second-order valence-corrected chi connectivity index (χ2v) is 15.5. The van der Waals surface area contributed by atoms with Crippen LogP contribution in [0.5, 0.6) is 0 Å². The number of nitrogens with one attached hydrogen (secondary N) is 2. The van der Waals surface area contributed by atoms with E-state index in [0.29, 0.717) is 43.7 Å². The Morgan fingerprint density at radius 3 is 2.17 bits per heavy atom. The van der Waals surface area contributed by atoms with Crippen molar-refractivity contribution in [3.63, 3.8) is 0 Å². The van der Waals surface area contributed by atoms with Crippen LogP contribution < -0.4 is 16.4 Å². The number of nitrogens with zero attached hydrogens (tertiary/aromatic N) is 1. The molecule has 1 aliphatic rings. The van der Waals surface area contributed by atoms with Gasteiger partial charge in [-0.2, -0.15) is 0 Å². The van der Waals surface area contributed by atoms with Gasteiger partial charge in [-0.3, -0.25) is 14.5 Å². The summed E-state index contributed by atoms with van der Waals surface area (Å²) in [6.45, 7) is 3.02. The molecule has 1 heterocycles. The van der Waals surface area contributed by atoms with Crippen LogP contribution in [-0.4, -0.2) is 52.7 Å². The van der Waals surface area contributed by atoms with Gasteiger partial charge in [0, 0.05) is 44.0 Å². The molecule has 59 heavy (non-hydrogen) atoms. The number of amides is 2. The minimum absolute atomic E-state index is 0.00557. The molecule has 0 spiro atoms. The number of aliphatic hydroxyl groups is 2. The van der Waals surface area contributed by atoms with Crippen molar-refractivity contribution in [1.82, 2.24) is 10.2 Å². The van der Waals surface area contributed by atoms with Gasteiger partial charge in [0.25, 0.3) is 0 Å². The molecule has 5 atom stereocenters. The Morgan fingerprint density at radius 2 is 1.44 bits per heavy atom. The zero-order valence-electron chi connectivity index (χ0n) is 34.1. The van der Waals surface area contributed by atoms with Crippen molar-refractivity contribution in [3.8, 4) is 11.1 Å². The number of benzene rings is 5. The summed E-state index contributed by atoms with van der Waals surface area (Å²) in [5, 5.41) is 26.7. The van der Waals surface area contributed by atoms with Crippen molar-refractivity contribution >= 4 is 23.2 Å². The van der Waals surface area contributed by atoms with Crippen molar-refractivity contribution in [2.45, 2.75) is 95.7 Å². The third-order valence-electron chi connectivity index (χ3n) is 11.1. The Hall–Kier alpha value is -5.36. The van der Waals surface area contributed by atoms with E-state index in [2.05, 4.69) is 39.8 Å². The summed E-state index contributed by atoms with van der Waals surface area (Å²) in [6.07, 6.45) is 3.04. The molecule has 0 saturated carbocycles. The van der Waals surface area contributed by atoms with Gasteiger partial charge in [-0.05, 0) is 84.5 Å². The standard InChI is InChI=1S/C49H58N4O6/c1-34(48(57)38-15-6-5-7-16-38)53(2)32-42-30-45(37-26-24-35(33-54)25-27-37)59-49(58-42)41-19-13-18-40(29-41)39-17-12-14-36(28-39)31-51-46(55)22-8-3-4-9-23-47(56)52-44-21-11-10-20-43(44)50/h5-7,10-21,24-29,34,42,45,48-49,54,57H,3-4,8-9,22-23,30-33,50H2,1-2H3,(H,51,55)(H,52,56). The maximum Gasteiger partial charge on any atom is 0.224 e. The Morgan fingerprint density at radius 1 is 0.763 bits per heavy atom. The van der Waals surface area contributed by atoms with Crippen molar-refractivity contribution in [2.24, 2.45) is 0 Å². The summed E-state index contributed by atoms with van der Waals surface area (Å²) in [5.74, 6) is -0.0502. The van der Waals surface area contributed by atoms with Crippen LogP contribution in [-0.2, 0) is 32.2 Å². The van der Waals surface area contributed by atoms with Crippen LogP contribution in [0.1, 0.15) is 98.2 Å². The number of nitrogens with two attached hydrogens (primary N) is 1. The number of carbonyl (C=O) groups is 2. The molecule has 310 valence electrons. The minimum atomic E-state index is -0.649. The molecule has 10 heteroatoms. The van der Waals surface area contributed by atoms with Crippen molar-refractivity contribution in [2.75, 3.05) is 24.6 Å². The highest BCUT2D eigenvalue weighted by Gasteiger charge is 2.34. The fraction of sp³-hybridized carbons (Fsp3) is 0.347. The SMILES string of the molecule is CC(C(O)c1ccccc1)N(C)CC1CC(c2ccc(CO)cc2)OC(c2cccc(-c3cccc(CNC(=O)CCCCCCC(=O)Nc4ccccc4N)c3)c2)O1. The van der Waals surface area contributed by atoms with E-state index in [1.165, 1.54) is 0 Å². The number of ether oxygens (including phenoxy) is 2. The number of hydrogen-bond acceptors (Lipinski definition) is 8. The first-order chi connectivity index (χ1) is 28.7. The zero-order chi connectivity index (χ0) is 41.6. The summed E-state index contributed by atoms with van der Waals surface area (Å²) >= 11 is 0. The molecule has 5 aromatic carbocycles. The summed E-state index contributed by atoms with van der Waals surface area (Å²) in [7, 11) is 2.02. The number of nitrogen functional groups attached to an aromatic ring is 1. The summed E-state index contributed by atoms with van der Waals surface area (Å²) in [6, 6.07) is 41.0. The van der Waals surface area contributed by atoms with Crippen LogP contribution in [0.3, 0.4) is 0 Å². The second-order valence-electron chi connectivity index (χ2n) is 15.5. The fourth-order valence-electron chi connectivity index (χ4n) is 7.45. The molecule has 0 aliphatic carbocycles. The van der Waals surface area contributed by atoms with Crippen molar-refractivity contribution in [1.29, 1.82) is 0 Å². The number of carbonyl (C=O) groups excluding carboxylic acids is 2.